The van der Waals surface area contributed by atoms with Crippen LogP contribution in [0.5, 0.6) is 0 Å². The molecule has 1 amide bonds. The molecule has 0 aromatic heterocycles. The SMILES string of the molecule is CPOCC(C)(C)OCCNC(=O)C(C)C. The van der Waals surface area contributed by atoms with Gasteiger partial charge in [0, 0.05) is 21.3 Å². The predicted molar refractivity (Wildman–Crippen MR) is 68.1 cm³/mol. The van der Waals surface area contributed by atoms with E-state index in [1.807, 2.05) is 34.4 Å². The van der Waals surface area contributed by atoms with Gasteiger partial charge in [-0.25, -0.2) is 0 Å². The summed E-state index contributed by atoms with van der Waals surface area (Å²) in [4.78, 5) is 11.2. The van der Waals surface area contributed by atoms with Crippen molar-refractivity contribution in [3.63, 3.8) is 0 Å². The standard InChI is InChI=1S/C11H24NO3P/c1-9(2)10(13)12-6-7-14-11(3,4)8-15-16-5/h9,16H,6-8H2,1-5H3,(H,12,13). The molecule has 0 aliphatic rings. The molecule has 0 radical (unpaired) electrons. The average molecular weight is 249 g/mol. The van der Waals surface area contributed by atoms with E-state index in [-0.39, 0.29) is 17.4 Å². The molecule has 0 heterocycles. The minimum absolute atomic E-state index is 0.0256. The van der Waals surface area contributed by atoms with Gasteiger partial charge in [0.25, 0.3) is 0 Å². The van der Waals surface area contributed by atoms with Gasteiger partial charge in [0.15, 0.2) is 0 Å². The van der Waals surface area contributed by atoms with Crippen LogP contribution in [-0.2, 0) is 14.1 Å². The van der Waals surface area contributed by atoms with Crippen LogP contribution in [0.1, 0.15) is 27.7 Å². The lowest BCUT2D eigenvalue weighted by Gasteiger charge is -2.24. The van der Waals surface area contributed by atoms with E-state index in [0.29, 0.717) is 28.6 Å². The summed E-state index contributed by atoms with van der Waals surface area (Å²) in [6.07, 6.45) is 0. The van der Waals surface area contributed by atoms with E-state index in [0.717, 1.165) is 0 Å². The Morgan fingerprint density at radius 3 is 2.56 bits per heavy atom. The molecule has 0 saturated carbocycles. The highest BCUT2D eigenvalue weighted by atomic mass is 31.1. The number of ether oxygens (including phenoxy) is 1. The number of hydrogen-bond donors (Lipinski definition) is 1. The molecule has 0 rings (SSSR count). The van der Waals surface area contributed by atoms with E-state index in [1.165, 1.54) is 0 Å². The summed E-state index contributed by atoms with van der Waals surface area (Å²) >= 11 is 0. The van der Waals surface area contributed by atoms with E-state index in [2.05, 4.69) is 5.32 Å². The van der Waals surface area contributed by atoms with Crippen molar-refractivity contribution in [2.75, 3.05) is 26.4 Å². The highest BCUT2D eigenvalue weighted by Crippen LogP contribution is 2.14. The van der Waals surface area contributed by atoms with Crippen LogP contribution in [0.15, 0.2) is 0 Å². The van der Waals surface area contributed by atoms with Crippen molar-refractivity contribution in [3.05, 3.63) is 0 Å². The summed E-state index contributed by atoms with van der Waals surface area (Å²) in [6.45, 7) is 11.3. The van der Waals surface area contributed by atoms with Gasteiger partial charge in [-0.1, -0.05) is 13.8 Å². The quantitative estimate of drug-likeness (QED) is 0.527. The Morgan fingerprint density at radius 1 is 1.44 bits per heavy atom. The predicted octanol–water partition coefficient (Wildman–Crippen LogP) is 1.79. The van der Waals surface area contributed by atoms with E-state index >= 15 is 0 Å². The Kier molecular flexibility index (Phi) is 7.90. The van der Waals surface area contributed by atoms with E-state index < -0.39 is 0 Å². The third-order valence-corrected chi connectivity index (χ3v) is 2.42. The van der Waals surface area contributed by atoms with Crippen molar-refractivity contribution < 1.29 is 14.1 Å². The molecule has 16 heavy (non-hydrogen) atoms. The molecule has 0 aliphatic heterocycles. The molecule has 0 bridgehead atoms. The van der Waals surface area contributed by atoms with Crippen LogP contribution in [0.25, 0.3) is 0 Å². The zero-order chi connectivity index (χ0) is 12.6. The summed E-state index contributed by atoms with van der Waals surface area (Å²) in [5, 5.41) is 2.81. The van der Waals surface area contributed by atoms with Crippen molar-refractivity contribution in [2.24, 2.45) is 5.92 Å². The maximum absolute atomic E-state index is 11.2. The van der Waals surface area contributed by atoms with Gasteiger partial charge in [-0.05, 0) is 20.5 Å². The van der Waals surface area contributed by atoms with Gasteiger partial charge in [-0.2, -0.15) is 0 Å². The number of hydrogen-bond acceptors (Lipinski definition) is 3. The first-order valence-electron chi connectivity index (χ1n) is 5.59. The van der Waals surface area contributed by atoms with Gasteiger partial charge in [0.05, 0.1) is 18.8 Å². The smallest absolute Gasteiger partial charge is 0.222 e. The van der Waals surface area contributed by atoms with Crippen molar-refractivity contribution in [2.45, 2.75) is 33.3 Å². The van der Waals surface area contributed by atoms with E-state index in [4.69, 9.17) is 9.26 Å². The summed E-state index contributed by atoms with van der Waals surface area (Å²) in [6, 6.07) is 0. The van der Waals surface area contributed by atoms with Gasteiger partial charge >= 0.3 is 0 Å². The largest absolute Gasteiger partial charge is 0.371 e. The normalized spacial score (nSPS) is 12.6. The molecule has 0 spiro atoms. The summed E-state index contributed by atoms with van der Waals surface area (Å²) in [7, 11) is 0.480. The molecule has 96 valence electrons. The molecule has 5 heteroatoms. The van der Waals surface area contributed by atoms with Crippen LogP contribution in [0.3, 0.4) is 0 Å². The topological polar surface area (TPSA) is 47.6 Å². The van der Waals surface area contributed by atoms with Crippen LogP contribution < -0.4 is 5.32 Å². The molecule has 0 aliphatic carbocycles. The highest BCUT2D eigenvalue weighted by molar-refractivity contribution is 7.31. The number of rotatable bonds is 8. The van der Waals surface area contributed by atoms with Gasteiger partial charge in [-0.3, -0.25) is 4.79 Å². The molecule has 0 saturated heterocycles. The Labute approximate surface area is 100 Å². The van der Waals surface area contributed by atoms with Crippen LogP contribution in [-0.4, -0.2) is 37.9 Å². The fourth-order valence-electron chi connectivity index (χ4n) is 0.993. The van der Waals surface area contributed by atoms with E-state index in [9.17, 15) is 4.79 Å². The van der Waals surface area contributed by atoms with Crippen LogP contribution in [0, 0.1) is 5.92 Å². The van der Waals surface area contributed by atoms with Crippen molar-refractivity contribution in [3.8, 4) is 0 Å². The first-order chi connectivity index (χ1) is 7.39. The van der Waals surface area contributed by atoms with Crippen LogP contribution in [0.4, 0.5) is 0 Å². The maximum atomic E-state index is 11.2. The third kappa shape index (κ3) is 8.03. The first kappa shape index (κ1) is 15.8. The van der Waals surface area contributed by atoms with Gasteiger partial charge in [0.1, 0.15) is 0 Å². The zero-order valence-corrected chi connectivity index (χ0v) is 11.9. The Morgan fingerprint density at radius 2 is 2.06 bits per heavy atom. The van der Waals surface area contributed by atoms with Crippen molar-refractivity contribution >= 4 is 14.7 Å². The first-order valence-corrected chi connectivity index (χ1v) is 7.00. The summed E-state index contributed by atoms with van der Waals surface area (Å²) in [5.74, 6) is 0.0883. The third-order valence-electron chi connectivity index (χ3n) is 1.98. The minimum atomic E-state index is -0.286. The number of carbonyl (C=O) groups excluding carboxylic acids is 1. The lowest BCUT2D eigenvalue weighted by Crippen LogP contribution is -2.35. The van der Waals surface area contributed by atoms with Crippen LogP contribution >= 0.6 is 8.81 Å². The summed E-state index contributed by atoms with van der Waals surface area (Å²) in [5.41, 5.74) is -0.286. The van der Waals surface area contributed by atoms with Crippen molar-refractivity contribution in [1.29, 1.82) is 0 Å². The van der Waals surface area contributed by atoms with E-state index in [1.54, 1.807) is 0 Å². The monoisotopic (exact) mass is 249 g/mol. The maximum Gasteiger partial charge on any atom is 0.222 e. The zero-order valence-electron chi connectivity index (χ0n) is 10.9. The molecule has 4 nitrogen and oxygen atoms in total. The van der Waals surface area contributed by atoms with Crippen LogP contribution in [0.2, 0.25) is 0 Å². The fraction of sp³-hybridized carbons (Fsp3) is 0.909. The molecular formula is C11H24NO3P. The van der Waals surface area contributed by atoms with Gasteiger partial charge in [0.2, 0.25) is 5.91 Å². The van der Waals surface area contributed by atoms with Gasteiger partial charge in [-0.15, -0.1) is 0 Å². The molecular weight excluding hydrogens is 225 g/mol. The molecule has 0 aromatic rings. The number of nitrogens with one attached hydrogen (secondary N) is 1. The fourth-order valence-corrected chi connectivity index (χ4v) is 1.49. The lowest BCUT2D eigenvalue weighted by atomic mass is 10.1. The average Bonchev–Trinajstić information content (AvgIpc) is 2.21. The molecule has 1 unspecified atom stereocenters. The molecule has 1 atom stereocenters. The second-order valence-corrected chi connectivity index (χ2v) is 5.24. The second-order valence-electron chi connectivity index (χ2n) is 4.55. The number of amides is 1. The Hall–Kier alpha value is -0.180. The van der Waals surface area contributed by atoms with Crippen molar-refractivity contribution in [1.82, 2.24) is 5.32 Å². The Bertz CT molecular complexity index is 207. The second kappa shape index (κ2) is 7.99. The minimum Gasteiger partial charge on any atom is -0.371 e. The number of carbonyl (C=O) groups is 1. The molecule has 0 fully saturated rings. The lowest BCUT2D eigenvalue weighted by molar-refractivity contribution is -0.124. The molecule has 1 N–H and O–H groups in total. The van der Waals surface area contributed by atoms with Gasteiger partial charge < -0.3 is 14.6 Å². The Balaban J connectivity index is 3.61. The highest BCUT2D eigenvalue weighted by Gasteiger charge is 2.18. The summed E-state index contributed by atoms with van der Waals surface area (Å²) < 4.78 is 11.0. The molecule has 0 aromatic carbocycles.